The third-order valence-electron chi connectivity index (χ3n) is 3.44. The minimum absolute atomic E-state index is 0.0940. The molecule has 1 atom stereocenters. The number of hydrogen-bond donors (Lipinski definition) is 1. The fourth-order valence-corrected chi connectivity index (χ4v) is 2.47. The predicted octanol–water partition coefficient (Wildman–Crippen LogP) is 1.80. The molecule has 1 N–H and O–H groups in total. The van der Waals surface area contributed by atoms with E-state index in [1.807, 2.05) is 6.07 Å². The summed E-state index contributed by atoms with van der Waals surface area (Å²) in [6.07, 6.45) is 2.62. The van der Waals surface area contributed by atoms with Gasteiger partial charge in [-0.25, -0.2) is 4.39 Å². The smallest absolute Gasteiger partial charge is 0.242 e. The van der Waals surface area contributed by atoms with Gasteiger partial charge < -0.3 is 10.2 Å². The Labute approximate surface area is 111 Å². The van der Waals surface area contributed by atoms with Crippen LogP contribution in [0.3, 0.4) is 0 Å². The first-order chi connectivity index (χ1) is 9.17. The zero-order valence-corrected chi connectivity index (χ0v) is 10.8. The van der Waals surface area contributed by atoms with Crippen LogP contribution >= 0.6 is 0 Å². The molecule has 0 bridgehead atoms. The van der Waals surface area contributed by atoms with E-state index in [-0.39, 0.29) is 17.5 Å². The monoisotopic (exact) mass is 261 g/mol. The van der Waals surface area contributed by atoms with Crippen LogP contribution in [-0.2, 0) is 4.79 Å². The highest BCUT2D eigenvalue weighted by molar-refractivity contribution is 5.85. The third-order valence-corrected chi connectivity index (χ3v) is 3.44. The fraction of sp³-hybridized carbons (Fsp3) is 0.429. The number of nitriles is 1. The number of piperidine rings is 1. The van der Waals surface area contributed by atoms with E-state index in [0.717, 1.165) is 19.3 Å². The number of anilines is 1. The van der Waals surface area contributed by atoms with Crippen LogP contribution in [0.1, 0.15) is 24.8 Å². The molecule has 5 heteroatoms. The highest BCUT2D eigenvalue weighted by Crippen LogP contribution is 2.27. The summed E-state index contributed by atoms with van der Waals surface area (Å²) in [7, 11) is 1.59. The van der Waals surface area contributed by atoms with Crippen molar-refractivity contribution in [3.63, 3.8) is 0 Å². The average molecular weight is 261 g/mol. The molecule has 2 rings (SSSR count). The lowest BCUT2D eigenvalue weighted by molar-refractivity contribution is -0.122. The van der Waals surface area contributed by atoms with Crippen LogP contribution in [0.15, 0.2) is 18.2 Å². The summed E-state index contributed by atoms with van der Waals surface area (Å²) in [5, 5.41) is 11.4. The predicted molar refractivity (Wildman–Crippen MR) is 70.2 cm³/mol. The van der Waals surface area contributed by atoms with Gasteiger partial charge in [0.1, 0.15) is 11.9 Å². The minimum Gasteiger partial charge on any atom is -0.357 e. The van der Waals surface area contributed by atoms with Crippen molar-refractivity contribution in [1.29, 1.82) is 5.26 Å². The van der Waals surface area contributed by atoms with Crippen molar-refractivity contribution < 1.29 is 9.18 Å². The van der Waals surface area contributed by atoms with Crippen LogP contribution in [-0.4, -0.2) is 25.5 Å². The fourth-order valence-electron chi connectivity index (χ4n) is 2.47. The summed E-state index contributed by atoms with van der Waals surface area (Å²) in [4.78, 5) is 13.6. The normalized spacial score (nSPS) is 18.8. The number of halogens is 1. The second-order valence-electron chi connectivity index (χ2n) is 4.60. The first kappa shape index (κ1) is 13.3. The molecule has 1 aromatic carbocycles. The topological polar surface area (TPSA) is 56.1 Å². The van der Waals surface area contributed by atoms with E-state index in [4.69, 9.17) is 5.26 Å². The van der Waals surface area contributed by atoms with Gasteiger partial charge in [0.25, 0.3) is 0 Å². The van der Waals surface area contributed by atoms with Crippen LogP contribution in [0, 0.1) is 17.1 Å². The van der Waals surface area contributed by atoms with Gasteiger partial charge in [0.05, 0.1) is 17.3 Å². The van der Waals surface area contributed by atoms with Gasteiger partial charge in [0, 0.05) is 13.6 Å². The third kappa shape index (κ3) is 2.68. The summed E-state index contributed by atoms with van der Waals surface area (Å²) in [6.45, 7) is 0.654. The van der Waals surface area contributed by atoms with E-state index in [0.29, 0.717) is 12.2 Å². The Morgan fingerprint density at radius 3 is 2.95 bits per heavy atom. The van der Waals surface area contributed by atoms with Crippen LogP contribution < -0.4 is 10.2 Å². The molecular formula is C14H16FN3O. The molecule has 0 saturated carbocycles. The molecule has 1 aliphatic heterocycles. The van der Waals surface area contributed by atoms with Crippen LogP contribution in [0.25, 0.3) is 0 Å². The molecule has 1 amide bonds. The largest absolute Gasteiger partial charge is 0.357 e. The van der Waals surface area contributed by atoms with Gasteiger partial charge in [-0.2, -0.15) is 5.26 Å². The second kappa shape index (κ2) is 5.70. The van der Waals surface area contributed by atoms with Crippen molar-refractivity contribution in [3.05, 3.63) is 29.6 Å². The van der Waals surface area contributed by atoms with E-state index in [1.54, 1.807) is 24.1 Å². The lowest BCUT2D eigenvalue weighted by atomic mass is 10.00. The molecule has 100 valence electrons. The van der Waals surface area contributed by atoms with Crippen molar-refractivity contribution >= 4 is 11.6 Å². The second-order valence-corrected chi connectivity index (χ2v) is 4.60. The Bertz CT molecular complexity index is 524. The zero-order valence-electron chi connectivity index (χ0n) is 10.8. The number of hydrogen-bond acceptors (Lipinski definition) is 3. The lowest BCUT2D eigenvalue weighted by Crippen LogP contribution is -2.49. The summed E-state index contributed by atoms with van der Waals surface area (Å²) < 4.78 is 14.0. The highest BCUT2D eigenvalue weighted by atomic mass is 19.1. The van der Waals surface area contributed by atoms with Crippen molar-refractivity contribution in [1.82, 2.24) is 5.32 Å². The molecule has 4 nitrogen and oxygen atoms in total. The standard InChI is InChI=1S/C14H16FN3O/c1-17-14(19)13-4-2-3-7-18(13)12-6-5-10(9-16)8-11(12)15/h5-6,8,13H,2-4,7H2,1H3,(H,17,19). The van der Waals surface area contributed by atoms with Gasteiger partial charge >= 0.3 is 0 Å². The quantitative estimate of drug-likeness (QED) is 0.883. The van der Waals surface area contributed by atoms with Crippen molar-refractivity contribution in [2.75, 3.05) is 18.5 Å². The van der Waals surface area contributed by atoms with Gasteiger partial charge in [0.15, 0.2) is 0 Å². The number of carbonyl (C=O) groups excluding carboxylic acids is 1. The molecule has 1 aliphatic rings. The Morgan fingerprint density at radius 1 is 1.53 bits per heavy atom. The van der Waals surface area contributed by atoms with Gasteiger partial charge in [-0.15, -0.1) is 0 Å². The van der Waals surface area contributed by atoms with Crippen LogP contribution in [0.2, 0.25) is 0 Å². The molecule has 0 spiro atoms. The molecule has 1 unspecified atom stereocenters. The van der Waals surface area contributed by atoms with Gasteiger partial charge in [-0.05, 0) is 37.5 Å². The molecule has 1 aromatic rings. The van der Waals surface area contributed by atoms with Gasteiger partial charge in [0.2, 0.25) is 5.91 Å². The first-order valence-corrected chi connectivity index (χ1v) is 6.35. The first-order valence-electron chi connectivity index (χ1n) is 6.35. The van der Waals surface area contributed by atoms with Crippen molar-refractivity contribution in [2.45, 2.75) is 25.3 Å². The molecule has 1 saturated heterocycles. The number of amides is 1. The number of likely N-dealkylation sites (N-methyl/N-ethyl adjacent to an activating group) is 1. The van der Waals surface area contributed by atoms with E-state index in [2.05, 4.69) is 5.32 Å². The summed E-state index contributed by atoms with van der Waals surface area (Å²) in [5.74, 6) is -0.543. The molecular weight excluding hydrogens is 245 g/mol. The number of nitrogens with zero attached hydrogens (tertiary/aromatic N) is 2. The number of nitrogens with one attached hydrogen (secondary N) is 1. The van der Waals surface area contributed by atoms with E-state index in [1.165, 1.54) is 6.07 Å². The van der Waals surface area contributed by atoms with Gasteiger partial charge in [-0.1, -0.05) is 0 Å². The highest BCUT2D eigenvalue weighted by Gasteiger charge is 2.29. The van der Waals surface area contributed by atoms with E-state index >= 15 is 0 Å². The van der Waals surface area contributed by atoms with Crippen molar-refractivity contribution in [3.8, 4) is 6.07 Å². The Balaban J connectivity index is 2.32. The molecule has 0 aromatic heterocycles. The maximum Gasteiger partial charge on any atom is 0.242 e. The number of rotatable bonds is 2. The lowest BCUT2D eigenvalue weighted by Gasteiger charge is -2.36. The van der Waals surface area contributed by atoms with E-state index < -0.39 is 5.82 Å². The maximum atomic E-state index is 14.0. The van der Waals surface area contributed by atoms with Gasteiger partial charge in [-0.3, -0.25) is 4.79 Å². The minimum atomic E-state index is -0.449. The molecule has 19 heavy (non-hydrogen) atoms. The number of benzene rings is 1. The maximum absolute atomic E-state index is 14.0. The SMILES string of the molecule is CNC(=O)C1CCCCN1c1ccc(C#N)cc1F. The summed E-state index contributed by atoms with van der Waals surface area (Å²) in [6, 6.07) is 5.94. The Morgan fingerprint density at radius 2 is 2.32 bits per heavy atom. The molecule has 1 fully saturated rings. The Hall–Kier alpha value is -2.09. The zero-order chi connectivity index (χ0) is 13.8. The average Bonchev–Trinajstić information content (AvgIpc) is 2.46. The molecule has 0 aliphatic carbocycles. The number of carbonyl (C=O) groups is 1. The van der Waals surface area contributed by atoms with Crippen LogP contribution in [0.4, 0.5) is 10.1 Å². The van der Waals surface area contributed by atoms with E-state index in [9.17, 15) is 9.18 Å². The van der Waals surface area contributed by atoms with Crippen LogP contribution in [0.5, 0.6) is 0 Å². The molecule has 1 heterocycles. The molecule has 0 radical (unpaired) electrons. The summed E-state index contributed by atoms with van der Waals surface area (Å²) in [5.41, 5.74) is 0.682. The Kier molecular flexibility index (Phi) is 4.00. The summed E-state index contributed by atoms with van der Waals surface area (Å²) >= 11 is 0. The van der Waals surface area contributed by atoms with Crippen molar-refractivity contribution in [2.24, 2.45) is 0 Å².